The summed E-state index contributed by atoms with van der Waals surface area (Å²) in [7, 11) is 0. The van der Waals surface area contributed by atoms with Crippen molar-refractivity contribution in [3.05, 3.63) is 114 Å². The van der Waals surface area contributed by atoms with E-state index in [-0.39, 0.29) is 11.4 Å². The smallest absolute Gasteiger partial charge is 0.289 e. The number of H-pyrrole nitrogens is 1. The number of nitrogens with one attached hydrogen (secondary N) is 2. The number of amides is 1. The number of hydrazone groups is 1. The van der Waals surface area contributed by atoms with Gasteiger partial charge < -0.3 is 9.84 Å². The fraction of sp³-hybridized carbons (Fsp3) is 0.0357. The van der Waals surface area contributed by atoms with Crippen LogP contribution in [0.25, 0.3) is 22.0 Å². The number of hydrogen-bond donors (Lipinski definition) is 3. The number of hydrogen-bond acceptors (Lipinski definition) is 5. The number of fused-ring (bicyclic) bond motifs is 1. The normalized spacial score (nSPS) is 11.1. The second kappa shape index (κ2) is 9.93. The van der Waals surface area contributed by atoms with E-state index in [2.05, 4.69) is 45.0 Å². The molecule has 5 aromatic rings. The second-order valence-corrected chi connectivity index (χ2v) is 7.88. The molecule has 1 heterocycles. The molecule has 0 saturated heterocycles. The Balaban J connectivity index is 1.30. The first-order valence-corrected chi connectivity index (χ1v) is 11.0. The van der Waals surface area contributed by atoms with Crippen LogP contribution in [0.1, 0.15) is 21.6 Å². The number of carbonyl (C=O) groups is 1. The topological polar surface area (TPSA) is 99.6 Å². The van der Waals surface area contributed by atoms with E-state index in [1.807, 2.05) is 42.5 Å². The van der Waals surface area contributed by atoms with E-state index >= 15 is 0 Å². The predicted octanol–water partition coefficient (Wildman–Crippen LogP) is 5.28. The summed E-state index contributed by atoms with van der Waals surface area (Å²) in [5, 5.41) is 22.8. The van der Waals surface area contributed by atoms with Crippen molar-refractivity contribution < 1.29 is 14.6 Å². The molecule has 0 bridgehead atoms. The highest BCUT2D eigenvalue weighted by Crippen LogP contribution is 2.30. The molecule has 0 saturated carbocycles. The Bertz CT molecular complexity index is 1520. The average molecular weight is 463 g/mol. The van der Waals surface area contributed by atoms with Crippen molar-refractivity contribution in [3.8, 4) is 22.8 Å². The molecule has 4 aromatic carbocycles. The van der Waals surface area contributed by atoms with Gasteiger partial charge in [0.1, 0.15) is 23.8 Å². The van der Waals surface area contributed by atoms with Crippen molar-refractivity contribution in [3.63, 3.8) is 0 Å². The molecule has 3 N–H and O–H groups in total. The third-order valence-corrected chi connectivity index (χ3v) is 5.50. The van der Waals surface area contributed by atoms with Gasteiger partial charge in [0.2, 0.25) is 0 Å². The lowest BCUT2D eigenvalue weighted by Crippen LogP contribution is -2.17. The molecule has 0 spiro atoms. The number of nitrogens with zero attached hydrogens (tertiary/aromatic N) is 2. The maximum absolute atomic E-state index is 12.5. The van der Waals surface area contributed by atoms with Gasteiger partial charge in [0.25, 0.3) is 5.91 Å². The van der Waals surface area contributed by atoms with Gasteiger partial charge in [-0.1, -0.05) is 66.7 Å². The number of aromatic nitrogens is 2. The van der Waals surface area contributed by atoms with Crippen LogP contribution in [0.4, 0.5) is 0 Å². The molecule has 0 atom stereocenters. The number of benzene rings is 4. The van der Waals surface area contributed by atoms with Crippen LogP contribution >= 0.6 is 0 Å². The second-order valence-electron chi connectivity index (χ2n) is 7.88. The Hall–Kier alpha value is -4.91. The van der Waals surface area contributed by atoms with Crippen LogP contribution in [0.15, 0.2) is 102 Å². The van der Waals surface area contributed by atoms with E-state index in [1.54, 1.807) is 30.3 Å². The number of ether oxygens (including phenoxy) is 1. The first-order chi connectivity index (χ1) is 17.2. The van der Waals surface area contributed by atoms with E-state index < -0.39 is 5.91 Å². The number of phenols is 1. The molecular formula is C28H22N4O3. The van der Waals surface area contributed by atoms with Crippen LogP contribution < -0.4 is 10.2 Å². The van der Waals surface area contributed by atoms with Crippen molar-refractivity contribution in [1.29, 1.82) is 0 Å². The molecule has 7 heteroatoms. The van der Waals surface area contributed by atoms with Crippen LogP contribution in [-0.4, -0.2) is 27.4 Å². The summed E-state index contributed by atoms with van der Waals surface area (Å²) in [6.07, 6.45) is 1.45. The first kappa shape index (κ1) is 21.9. The third-order valence-electron chi connectivity index (χ3n) is 5.50. The Labute approximate surface area is 201 Å². The molecule has 1 amide bonds. The quantitative estimate of drug-likeness (QED) is 0.226. The summed E-state index contributed by atoms with van der Waals surface area (Å²) in [6, 6.07) is 30.2. The molecule has 1 aromatic heterocycles. The Morgan fingerprint density at radius 3 is 2.69 bits per heavy atom. The standard InChI is InChI=1S/C28H22N4O3/c33-22-11-5-7-19(15-22)17-29-32-28(34)26-16-25(30-31-26)24-13-3-4-14-27(24)35-18-21-10-6-9-20-8-1-2-12-23(20)21/h1-17,33H,18H2,(H,30,31)(H,32,34). The molecule has 172 valence electrons. The predicted molar refractivity (Wildman–Crippen MR) is 135 cm³/mol. The van der Waals surface area contributed by atoms with E-state index in [4.69, 9.17) is 4.74 Å². The molecule has 7 nitrogen and oxygen atoms in total. The molecule has 0 aliphatic rings. The SMILES string of the molecule is O=C(NN=Cc1cccc(O)c1)c1cc(-c2ccccc2OCc2cccc3ccccc23)n[nH]1. The summed E-state index contributed by atoms with van der Waals surface area (Å²) in [6.45, 7) is 0.403. The largest absolute Gasteiger partial charge is 0.508 e. The van der Waals surface area contributed by atoms with Gasteiger partial charge in [-0.15, -0.1) is 0 Å². The Kier molecular flexibility index (Phi) is 6.21. The summed E-state index contributed by atoms with van der Waals surface area (Å²) in [4.78, 5) is 12.5. The van der Waals surface area contributed by atoms with Gasteiger partial charge in [0, 0.05) is 5.56 Å². The van der Waals surface area contributed by atoms with Crippen molar-refractivity contribution in [2.24, 2.45) is 5.10 Å². The number of carbonyl (C=O) groups excluding carboxylic acids is 1. The molecule has 0 radical (unpaired) electrons. The van der Waals surface area contributed by atoms with Gasteiger partial charge >= 0.3 is 0 Å². The fourth-order valence-corrected chi connectivity index (χ4v) is 3.78. The van der Waals surface area contributed by atoms with E-state index in [0.29, 0.717) is 23.6 Å². The minimum atomic E-state index is -0.436. The molecule has 0 aliphatic carbocycles. The summed E-state index contributed by atoms with van der Waals surface area (Å²) >= 11 is 0. The summed E-state index contributed by atoms with van der Waals surface area (Å²) in [5.41, 5.74) is 5.82. The zero-order chi connectivity index (χ0) is 24.0. The molecule has 0 fully saturated rings. The Morgan fingerprint density at radius 2 is 1.77 bits per heavy atom. The van der Waals surface area contributed by atoms with Crippen LogP contribution in [0.5, 0.6) is 11.5 Å². The van der Waals surface area contributed by atoms with Crippen molar-refractivity contribution in [1.82, 2.24) is 15.6 Å². The monoisotopic (exact) mass is 462 g/mol. The highest BCUT2D eigenvalue weighted by molar-refractivity contribution is 5.94. The lowest BCUT2D eigenvalue weighted by Gasteiger charge is -2.12. The average Bonchev–Trinajstić information content (AvgIpc) is 3.38. The number of para-hydroxylation sites is 1. The molecule has 35 heavy (non-hydrogen) atoms. The van der Waals surface area contributed by atoms with Gasteiger partial charge in [-0.2, -0.15) is 10.2 Å². The zero-order valence-corrected chi connectivity index (χ0v) is 18.7. The van der Waals surface area contributed by atoms with Gasteiger partial charge in [-0.25, -0.2) is 5.43 Å². The number of phenolic OH excluding ortho intramolecular Hbond substituents is 1. The molecule has 0 aliphatic heterocycles. The number of rotatable bonds is 7. The van der Waals surface area contributed by atoms with Gasteiger partial charge in [0.05, 0.1) is 11.9 Å². The highest BCUT2D eigenvalue weighted by atomic mass is 16.5. The third kappa shape index (κ3) is 5.04. The van der Waals surface area contributed by atoms with Crippen LogP contribution in [0, 0.1) is 0 Å². The van der Waals surface area contributed by atoms with Gasteiger partial charge in [-0.05, 0) is 52.2 Å². The first-order valence-electron chi connectivity index (χ1n) is 11.0. The minimum Gasteiger partial charge on any atom is -0.508 e. The van der Waals surface area contributed by atoms with Crippen LogP contribution in [0.3, 0.4) is 0 Å². The van der Waals surface area contributed by atoms with Crippen molar-refractivity contribution in [2.75, 3.05) is 0 Å². The van der Waals surface area contributed by atoms with E-state index in [1.165, 1.54) is 6.21 Å². The molecule has 0 unspecified atom stereocenters. The number of aromatic hydroxyl groups is 1. The lowest BCUT2D eigenvalue weighted by atomic mass is 10.1. The molecule has 5 rings (SSSR count). The highest BCUT2D eigenvalue weighted by Gasteiger charge is 2.14. The number of aromatic amines is 1. The summed E-state index contributed by atoms with van der Waals surface area (Å²) < 4.78 is 6.18. The van der Waals surface area contributed by atoms with Crippen LogP contribution in [-0.2, 0) is 6.61 Å². The van der Waals surface area contributed by atoms with E-state index in [9.17, 15) is 9.90 Å². The zero-order valence-electron chi connectivity index (χ0n) is 18.7. The minimum absolute atomic E-state index is 0.125. The van der Waals surface area contributed by atoms with Crippen molar-refractivity contribution >= 4 is 22.9 Å². The van der Waals surface area contributed by atoms with E-state index in [0.717, 1.165) is 21.9 Å². The maximum Gasteiger partial charge on any atom is 0.289 e. The van der Waals surface area contributed by atoms with Gasteiger partial charge in [-0.3, -0.25) is 9.89 Å². The lowest BCUT2D eigenvalue weighted by molar-refractivity contribution is 0.0950. The Morgan fingerprint density at radius 1 is 0.971 bits per heavy atom. The van der Waals surface area contributed by atoms with Crippen molar-refractivity contribution in [2.45, 2.75) is 6.61 Å². The van der Waals surface area contributed by atoms with Gasteiger partial charge in [0.15, 0.2) is 0 Å². The fourth-order valence-electron chi connectivity index (χ4n) is 3.78. The maximum atomic E-state index is 12.5. The van der Waals surface area contributed by atoms with Crippen LogP contribution in [0.2, 0.25) is 0 Å². The summed E-state index contributed by atoms with van der Waals surface area (Å²) in [5.74, 6) is 0.356. The molecular weight excluding hydrogens is 440 g/mol.